The van der Waals surface area contributed by atoms with Gasteiger partial charge in [-0.2, -0.15) is 0 Å². The molecule has 1 saturated heterocycles. The van der Waals surface area contributed by atoms with Crippen LogP contribution in [0.5, 0.6) is 0 Å². The molecule has 0 bridgehead atoms. The van der Waals surface area contributed by atoms with Crippen LogP contribution < -0.4 is 5.32 Å². The summed E-state index contributed by atoms with van der Waals surface area (Å²) in [5.41, 5.74) is 0.857. The van der Waals surface area contributed by atoms with Gasteiger partial charge < -0.3 is 20.2 Å². The van der Waals surface area contributed by atoms with Crippen molar-refractivity contribution in [3.05, 3.63) is 48.6 Å². The molecule has 138 valence electrons. The fourth-order valence-electron chi connectivity index (χ4n) is 2.83. The summed E-state index contributed by atoms with van der Waals surface area (Å²) < 4.78 is 0. The maximum Gasteiger partial charge on any atom is 0.323 e. The molecule has 1 fully saturated rings. The number of hydrogen-bond donors (Lipinski definition) is 2. The Bertz CT molecular complexity index is 704. The Balaban J connectivity index is 2.17. The zero-order chi connectivity index (χ0) is 19.1. The van der Waals surface area contributed by atoms with Crippen molar-refractivity contribution in [1.82, 2.24) is 15.1 Å². The number of nitrogens with zero attached hydrogens (tertiary/aromatic N) is 2. The standard InChI is InChI=1S/C18H21N3O5/c1-2-15(22)19-11-16(23)21-9-8-20(12-17(24)25)18(26)14(21)10-13-6-4-3-5-7-13/h2-7,14H,1,8-12H2,(H,19,22)(H,24,25). The molecule has 0 aliphatic carbocycles. The van der Waals surface area contributed by atoms with Crippen molar-refractivity contribution in [2.24, 2.45) is 0 Å². The summed E-state index contributed by atoms with van der Waals surface area (Å²) in [6, 6.07) is 8.37. The Morgan fingerprint density at radius 3 is 2.54 bits per heavy atom. The van der Waals surface area contributed by atoms with Gasteiger partial charge in [0.1, 0.15) is 12.6 Å². The molecule has 0 spiro atoms. The van der Waals surface area contributed by atoms with Gasteiger partial charge in [0.25, 0.3) is 0 Å². The second-order valence-corrected chi connectivity index (χ2v) is 5.87. The quantitative estimate of drug-likeness (QED) is 0.648. The van der Waals surface area contributed by atoms with E-state index in [0.29, 0.717) is 0 Å². The summed E-state index contributed by atoms with van der Waals surface area (Å²) in [6.45, 7) is 3.01. The topological polar surface area (TPSA) is 107 Å². The van der Waals surface area contributed by atoms with Crippen molar-refractivity contribution in [2.75, 3.05) is 26.2 Å². The maximum atomic E-state index is 12.7. The molecule has 1 atom stereocenters. The number of benzene rings is 1. The number of carbonyl (C=O) groups excluding carboxylic acids is 3. The van der Waals surface area contributed by atoms with E-state index in [1.165, 1.54) is 9.80 Å². The largest absolute Gasteiger partial charge is 0.480 e. The van der Waals surface area contributed by atoms with Crippen molar-refractivity contribution in [1.29, 1.82) is 0 Å². The molecular weight excluding hydrogens is 338 g/mol. The SMILES string of the molecule is C=CC(=O)NCC(=O)N1CCN(CC(=O)O)C(=O)C1Cc1ccccc1. The molecule has 1 aliphatic heterocycles. The lowest BCUT2D eigenvalue weighted by Gasteiger charge is -2.40. The third kappa shape index (κ3) is 4.92. The normalized spacial score (nSPS) is 16.9. The first-order valence-electron chi connectivity index (χ1n) is 8.16. The molecule has 8 nitrogen and oxygen atoms in total. The fourth-order valence-corrected chi connectivity index (χ4v) is 2.83. The highest BCUT2D eigenvalue weighted by atomic mass is 16.4. The third-order valence-electron chi connectivity index (χ3n) is 4.10. The summed E-state index contributed by atoms with van der Waals surface area (Å²) >= 11 is 0. The second kappa shape index (κ2) is 8.80. The Morgan fingerprint density at radius 1 is 1.23 bits per heavy atom. The van der Waals surface area contributed by atoms with Crippen molar-refractivity contribution >= 4 is 23.7 Å². The van der Waals surface area contributed by atoms with Crippen molar-refractivity contribution in [3.63, 3.8) is 0 Å². The molecule has 2 N–H and O–H groups in total. The summed E-state index contributed by atoms with van der Waals surface area (Å²) in [4.78, 5) is 50.1. The average Bonchev–Trinajstić information content (AvgIpc) is 2.63. The minimum Gasteiger partial charge on any atom is -0.480 e. The van der Waals surface area contributed by atoms with Crippen LogP contribution in [-0.2, 0) is 25.6 Å². The van der Waals surface area contributed by atoms with Gasteiger partial charge in [-0.15, -0.1) is 0 Å². The first-order valence-corrected chi connectivity index (χ1v) is 8.16. The molecule has 1 aromatic rings. The molecular formula is C18H21N3O5. The van der Waals surface area contributed by atoms with Crippen LogP contribution >= 0.6 is 0 Å². The molecule has 0 radical (unpaired) electrons. The first kappa shape index (κ1) is 19.2. The number of carbonyl (C=O) groups is 4. The highest BCUT2D eigenvalue weighted by Crippen LogP contribution is 2.17. The minimum absolute atomic E-state index is 0.136. The van der Waals surface area contributed by atoms with Crippen LogP contribution in [0.3, 0.4) is 0 Å². The Morgan fingerprint density at radius 2 is 1.92 bits per heavy atom. The predicted molar refractivity (Wildman–Crippen MR) is 93.1 cm³/mol. The number of nitrogens with one attached hydrogen (secondary N) is 1. The average molecular weight is 359 g/mol. The van der Waals surface area contributed by atoms with Gasteiger partial charge in [-0.1, -0.05) is 36.9 Å². The lowest BCUT2D eigenvalue weighted by Crippen LogP contribution is -2.61. The molecule has 26 heavy (non-hydrogen) atoms. The maximum absolute atomic E-state index is 12.7. The van der Waals surface area contributed by atoms with Gasteiger partial charge in [-0.25, -0.2) is 0 Å². The van der Waals surface area contributed by atoms with Crippen LogP contribution in [0.2, 0.25) is 0 Å². The van der Waals surface area contributed by atoms with Crippen molar-refractivity contribution in [3.8, 4) is 0 Å². The van der Waals surface area contributed by atoms with E-state index in [9.17, 15) is 19.2 Å². The van der Waals surface area contributed by atoms with Gasteiger partial charge in [-0.3, -0.25) is 19.2 Å². The summed E-state index contributed by atoms with van der Waals surface area (Å²) in [6.07, 6.45) is 1.33. The van der Waals surface area contributed by atoms with Crippen molar-refractivity contribution in [2.45, 2.75) is 12.5 Å². The van der Waals surface area contributed by atoms with Crippen LogP contribution in [0.25, 0.3) is 0 Å². The lowest BCUT2D eigenvalue weighted by molar-refractivity contribution is -0.155. The smallest absolute Gasteiger partial charge is 0.323 e. The van der Waals surface area contributed by atoms with Gasteiger partial charge >= 0.3 is 5.97 Å². The van der Waals surface area contributed by atoms with E-state index >= 15 is 0 Å². The van der Waals surface area contributed by atoms with Crippen LogP contribution in [0, 0.1) is 0 Å². The van der Waals surface area contributed by atoms with E-state index in [1.54, 1.807) is 0 Å². The van der Waals surface area contributed by atoms with Crippen LogP contribution in [0.15, 0.2) is 43.0 Å². The number of hydrogen-bond acceptors (Lipinski definition) is 4. The molecule has 0 saturated carbocycles. The second-order valence-electron chi connectivity index (χ2n) is 5.87. The fraction of sp³-hybridized carbons (Fsp3) is 0.333. The Hall–Kier alpha value is -3.16. The third-order valence-corrected chi connectivity index (χ3v) is 4.10. The number of rotatable bonds is 7. The van der Waals surface area contributed by atoms with Crippen LogP contribution in [-0.4, -0.2) is 70.8 Å². The van der Waals surface area contributed by atoms with Crippen molar-refractivity contribution < 1.29 is 24.3 Å². The van der Waals surface area contributed by atoms with Gasteiger partial charge in [0.2, 0.25) is 17.7 Å². The molecule has 1 heterocycles. The molecule has 1 aromatic carbocycles. The molecule has 0 aromatic heterocycles. The minimum atomic E-state index is -1.10. The predicted octanol–water partition coefficient (Wildman–Crippen LogP) is -0.345. The zero-order valence-electron chi connectivity index (χ0n) is 14.3. The Labute approximate surface area is 151 Å². The number of aliphatic carboxylic acids is 1. The lowest BCUT2D eigenvalue weighted by atomic mass is 10.0. The van der Waals surface area contributed by atoms with Gasteiger partial charge in [0.05, 0.1) is 6.54 Å². The Kier molecular flexibility index (Phi) is 6.48. The zero-order valence-corrected chi connectivity index (χ0v) is 14.3. The van der Waals surface area contributed by atoms with Crippen LogP contribution in [0.1, 0.15) is 5.56 Å². The number of carboxylic acid groups (broad SMARTS) is 1. The molecule has 3 amide bonds. The highest BCUT2D eigenvalue weighted by molar-refractivity contribution is 5.94. The highest BCUT2D eigenvalue weighted by Gasteiger charge is 2.37. The van der Waals surface area contributed by atoms with E-state index < -0.39 is 36.3 Å². The van der Waals surface area contributed by atoms with Gasteiger partial charge in [0, 0.05) is 19.5 Å². The van der Waals surface area contributed by atoms with E-state index in [4.69, 9.17) is 5.11 Å². The summed E-state index contributed by atoms with van der Waals surface area (Å²) in [7, 11) is 0. The molecule has 1 unspecified atom stereocenters. The number of carboxylic acids is 1. The van der Waals surface area contributed by atoms with E-state index in [1.807, 2.05) is 30.3 Å². The van der Waals surface area contributed by atoms with E-state index in [-0.39, 0.29) is 26.1 Å². The number of piperazine rings is 1. The summed E-state index contributed by atoms with van der Waals surface area (Å²) in [5.74, 6) is -2.39. The molecule has 2 rings (SSSR count). The van der Waals surface area contributed by atoms with Gasteiger partial charge in [0.15, 0.2) is 0 Å². The summed E-state index contributed by atoms with van der Waals surface area (Å²) in [5, 5.41) is 11.4. The van der Waals surface area contributed by atoms with Crippen LogP contribution in [0.4, 0.5) is 0 Å². The monoisotopic (exact) mass is 359 g/mol. The first-order chi connectivity index (χ1) is 12.4. The van der Waals surface area contributed by atoms with Gasteiger partial charge in [-0.05, 0) is 11.6 Å². The van der Waals surface area contributed by atoms with E-state index in [0.717, 1.165) is 11.6 Å². The van der Waals surface area contributed by atoms with E-state index in [2.05, 4.69) is 11.9 Å². The number of amides is 3. The molecule has 8 heteroatoms. The molecule has 1 aliphatic rings.